The summed E-state index contributed by atoms with van der Waals surface area (Å²) in [5.74, 6) is -0.671. The molecule has 0 aliphatic carbocycles. The highest BCUT2D eigenvalue weighted by atomic mass is 35.5. The third-order valence-corrected chi connectivity index (χ3v) is 3.63. The number of aliphatic imine (C=N–C) groups is 2. The van der Waals surface area contributed by atoms with E-state index in [1.165, 1.54) is 0 Å². The molecule has 5 heteroatoms. The van der Waals surface area contributed by atoms with E-state index in [2.05, 4.69) is 9.98 Å². The van der Waals surface area contributed by atoms with Crippen LogP contribution in [0.2, 0.25) is 0 Å². The molecule has 2 aliphatic rings. The number of fused-ring (bicyclic) bond motifs is 3. The average molecular weight is 275 g/mol. The fourth-order valence-electron chi connectivity index (χ4n) is 2.34. The van der Waals surface area contributed by atoms with E-state index >= 15 is 0 Å². The highest BCUT2D eigenvalue weighted by molar-refractivity contribution is 6.69. The predicted molar refractivity (Wildman–Crippen MR) is 74.7 cm³/mol. The van der Waals surface area contributed by atoms with Gasteiger partial charge in [-0.05, 0) is 30.5 Å². The number of nitrogens with zero attached hydrogens (tertiary/aromatic N) is 2. The molecule has 1 unspecified atom stereocenters. The summed E-state index contributed by atoms with van der Waals surface area (Å²) in [5, 5.41) is 9.42. The van der Waals surface area contributed by atoms with Crippen LogP contribution >= 0.6 is 11.6 Å². The molecule has 0 aromatic heterocycles. The maximum Gasteiger partial charge on any atom is 0.335 e. The lowest BCUT2D eigenvalue weighted by atomic mass is 9.90. The minimum atomic E-state index is -0.961. The summed E-state index contributed by atoms with van der Waals surface area (Å²) in [6, 6.07) is 4.98. The molecule has 1 aromatic rings. The van der Waals surface area contributed by atoms with Crippen LogP contribution in [0.25, 0.3) is 0 Å². The summed E-state index contributed by atoms with van der Waals surface area (Å²) in [6.07, 6.45) is 5.25. The van der Waals surface area contributed by atoms with Crippen molar-refractivity contribution in [2.24, 2.45) is 15.9 Å². The highest BCUT2D eigenvalue weighted by Gasteiger charge is 2.21. The smallest absolute Gasteiger partial charge is 0.335 e. The number of hydrogen-bond donors (Lipinski definition) is 1. The Hall–Kier alpha value is -1.94. The summed E-state index contributed by atoms with van der Waals surface area (Å²) < 4.78 is 0. The molecule has 0 fully saturated rings. The first-order chi connectivity index (χ1) is 9.13. The lowest BCUT2D eigenvalue weighted by Gasteiger charge is -2.21. The van der Waals surface area contributed by atoms with Gasteiger partial charge >= 0.3 is 5.97 Å². The summed E-state index contributed by atoms with van der Waals surface area (Å²) >= 11 is 6.18. The van der Waals surface area contributed by atoms with Gasteiger partial charge in [0.1, 0.15) is 5.17 Å². The second-order valence-corrected chi connectivity index (χ2v) is 5.03. The van der Waals surface area contributed by atoms with Gasteiger partial charge in [0.2, 0.25) is 0 Å². The van der Waals surface area contributed by atoms with E-state index in [9.17, 15) is 4.79 Å². The van der Waals surface area contributed by atoms with Crippen molar-refractivity contribution < 1.29 is 9.90 Å². The molecular weight excluding hydrogens is 264 g/mol. The number of allylic oxidation sites excluding steroid dienone is 1. The van der Waals surface area contributed by atoms with Gasteiger partial charge in [-0.25, -0.2) is 9.79 Å². The first kappa shape index (κ1) is 12.1. The quantitative estimate of drug-likeness (QED) is 0.855. The van der Waals surface area contributed by atoms with Crippen LogP contribution in [-0.2, 0) is 6.42 Å². The number of aromatic carboxylic acids is 1. The maximum atomic E-state index is 11.0. The van der Waals surface area contributed by atoms with Crippen molar-refractivity contribution in [3.8, 4) is 0 Å². The van der Waals surface area contributed by atoms with Gasteiger partial charge in [-0.15, -0.1) is 0 Å². The van der Waals surface area contributed by atoms with Crippen LogP contribution in [0, 0.1) is 5.92 Å². The van der Waals surface area contributed by atoms with Crippen molar-refractivity contribution in [1.29, 1.82) is 0 Å². The fourth-order valence-corrected chi connectivity index (χ4v) is 2.56. The zero-order valence-corrected chi connectivity index (χ0v) is 10.8. The van der Waals surface area contributed by atoms with Crippen LogP contribution in [0.3, 0.4) is 0 Å². The number of carboxylic acid groups (broad SMARTS) is 1. The summed E-state index contributed by atoms with van der Waals surface area (Å²) in [7, 11) is 0. The average Bonchev–Trinajstić information content (AvgIpc) is 2.39. The largest absolute Gasteiger partial charge is 0.478 e. The van der Waals surface area contributed by atoms with Crippen molar-refractivity contribution in [2.75, 3.05) is 0 Å². The summed E-state index contributed by atoms with van der Waals surface area (Å²) in [4.78, 5) is 19.5. The van der Waals surface area contributed by atoms with Gasteiger partial charge in [0.15, 0.2) is 0 Å². The van der Waals surface area contributed by atoms with Crippen LogP contribution in [0.5, 0.6) is 0 Å². The molecule has 2 aliphatic heterocycles. The third kappa shape index (κ3) is 2.31. The van der Waals surface area contributed by atoms with Gasteiger partial charge in [-0.2, -0.15) is 0 Å². The Kier molecular flexibility index (Phi) is 2.95. The molecule has 0 saturated heterocycles. The molecule has 1 aromatic carbocycles. The second kappa shape index (κ2) is 4.63. The lowest BCUT2D eigenvalue weighted by molar-refractivity contribution is 0.0697. The van der Waals surface area contributed by atoms with Crippen molar-refractivity contribution >= 4 is 34.6 Å². The normalized spacial score (nSPS) is 20.8. The summed E-state index contributed by atoms with van der Waals surface area (Å²) in [5.41, 5.74) is 2.76. The van der Waals surface area contributed by atoms with E-state index in [0.717, 1.165) is 24.0 Å². The maximum absolute atomic E-state index is 11.0. The van der Waals surface area contributed by atoms with Crippen LogP contribution in [-0.4, -0.2) is 22.5 Å². The zero-order valence-electron chi connectivity index (χ0n) is 10.0. The van der Waals surface area contributed by atoms with Crippen LogP contribution in [0.4, 0.5) is 5.69 Å². The van der Waals surface area contributed by atoms with Gasteiger partial charge in [0.05, 0.1) is 11.3 Å². The van der Waals surface area contributed by atoms with Gasteiger partial charge in [-0.1, -0.05) is 17.7 Å². The first-order valence-corrected chi connectivity index (χ1v) is 6.34. The van der Waals surface area contributed by atoms with Crippen molar-refractivity contribution in [2.45, 2.75) is 12.8 Å². The van der Waals surface area contributed by atoms with Gasteiger partial charge in [0, 0.05) is 23.9 Å². The van der Waals surface area contributed by atoms with Gasteiger partial charge < -0.3 is 5.11 Å². The highest BCUT2D eigenvalue weighted by Crippen LogP contribution is 2.32. The number of halogens is 1. The van der Waals surface area contributed by atoms with Crippen LogP contribution in [0.1, 0.15) is 22.3 Å². The Morgan fingerprint density at radius 1 is 1.37 bits per heavy atom. The SMILES string of the molecule is O=C(O)c1ccc2c(c1)N=C(Cl)C1=CN=CC(C1)C2. The monoisotopic (exact) mass is 274 g/mol. The molecule has 0 saturated carbocycles. The Morgan fingerprint density at radius 2 is 2.21 bits per heavy atom. The topological polar surface area (TPSA) is 62.0 Å². The lowest BCUT2D eigenvalue weighted by Crippen LogP contribution is -2.15. The second-order valence-electron chi connectivity index (χ2n) is 4.67. The molecule has 1 atom stereocenters. The van der Waals surface area contributed by atoms with Gasteiger partial charge in [0.25, 0.3) is 0 Å². The molecule has 19 heavy (non-hydrogen) atoms. The zero-order chi connectivity index (χ0) is 13.4. The minimum absolute atomic E-state index is 0.223. The standard InChI is InChI=1S/C14H11ClN2O2/c15-13-11-4-8(6-16-7-11)3-9-1-2-10(14(18)19)5-12(9)17-13/h1-2,5-8H,3-4H2,(H,18,19). The molecule has 0 radical (unpaired) electrons. The van der Waals surface area contributed by atoms with E-state index in [-0.39, 0.29) is 5.56 Å². The Balaban J connectivity index is 2.13. The Labute approximate surface area is 115 Å². The number of hydrogen-bond acceptors (Lipinski definition) is 3. The molecule has 4 nitrogen and oxygen atoms in total. The van der Waals surface area contributed by atoms with E-state index in [1.807, 2.05) is 12.3 Å². The first-order valence-electron chi connectivity index (χ1n) is 5.96. The van der Waals surface area contributed by atoms with Crippen molar-refractivity contribution in [1.82, 2.24) is 0 Å². The summed E-state index contributed by atoms with van der Waals surface area (Å²) in [6.45, 7) is 0. The van der Waals surface area contributed by atoms with Gasteiger partial charge in [-0.3, -0.25) is 4.99 Å². The van der Waals surface area contributed by atoms with E-state index in [0.29, 0.717) is 16.8 Å². The molecule has 2 bridgehead atoms. The van der Waals surface area contributed by atoms with E-state index in [1.54, 1.807) is 18.3 Å². The molecule has 3 rings (SSSR count). The number of carboxylic acids is 1. The molecule has 2 heterocycles. The molecule has 0 spiro atoms. The number of rotatable bonds is 1. The van der Waals surface area contributed by atoms with Crippen LogP contribution in [0.15, 0.2) is 40.0 Å². The van der Waals surface area contributed by atoms with E-state index in [4.69, 9.17) is 16.7 Å². The molecular formula is C14H11ClN2O2. The molecule has 96 valence electrons. The minimum Gasteiger partial charge on any atom is -0.478 e. The fraction of sp³-hybridized carbons (Fsp3) is 0.214. The molecule has 0 amide bonds. The van der Waals surface area contributed by atoms with Crippen LogP contribution < -0.4 is 0 Å². The third-order valence-electron chi connectivity index (χ3n) is 3.31. The predicted octanol–water partition coefficient (Wildman–Crippen LogP) is 3.18. The Bertz CT molecular complexity index is 647. The van der Waals surface area contributed by atoms with Crippen molar-refractivity contribution in [3.63, 3.8) is 0 Å². The van der Waals surface area contributed by atoms with Crippen molar-refractivity contribution in [3.05, 3.63) is 41.1 Å². The number of carbonyl (C=O) groups is 1. The molecule has 1 N–H and O–H groups in total. The number of benzene rings is 1. The Morgan fingerprint density at radius 3 is 3.00 bits per heavy atom. The van der Waals surface area contributed by atoms with E-state index < -0.39 is 5.97 Å².